The first kappa shape index (κ1) is 19.9. The van der Waals surface area contributed by atoms with E-state index in [1.54, 1.807) is 0 Å². The summed E-state index contributed by atoms with van der Waals surface area (Å²) < 4.78 is 0. The molecule has 20 heavy (non-hydrogen) atoms. The molecule has 0 radical (unpaired) electrons. The number of nitrogens with two attached hydrogens (primary N) is 1. The van der Waals surface area contributed by atoms with Crippen LogP contribution in [0, 0.1) is 0 Å². The summed E-state index contributed by atoms with van der Waals surface area (Å²) in [4.78, 5) is 5.15. The van der Waals surface area contributed by atoms with Crippen LogP contribution < -0.4 is 5.73 Å². The van der Waals surface area contributed by atoms with Gasteiger partial charge in [0.2, 0.25) is 0 Å². The lowest BCUT2D eigenvalue weighted by molar-refractivity contribution is 0.0788. The van der Waals surface area contributed by atoms with Crippen molar-refractivity contribution >= 4 is 0 Å². The number of rotatable bonds is 13. The molecule has 0 aromatic rings. The smallest absolute Gasteiger partial charge is 0.0329 e. The van der Waals surface area contributed by atoms with Gasteiger partial charge in [-0.15, -0.1) is 0 Å². The molecule has 1 atom stereocenters. The Balaban J connectivity index is 4.50. The van der Waals surface area contributed by atoms with Crippen molar-refractivity contribution in [3.8, 4) is 0 Å². The Bertz CT molecular complexity index is 210. The van der Waals surface area contributed by atoms with Crippen LogP contribution >= 0.6 is 0 Å². The van der Waals surface area contributed by atoms with E-state index >= 15 is 0 Å². The third-order valence-electron chi connectivity index (χ3n) is 4.88. The molecule has 0 aliphatic carbocycles. The Hall–Kier alpha value is -0.120. The van der Waals surface area contributed by atoms with Gasteiger partial charge in [0.05, 0.1) is 0 Å². The Kier molecular flexibility index (Phi) is 11.5. The van der Waals surface area contributed by atoms with Crippen LogP contribution in [0.3, 0.4) is 0 Å². The van der Waals surface area contributed by atoms with Crippen LogP contribution in [0.25, 0.3) is 0 Å². The number of hydrogen-bond acceptors (Lipinski definition) is 3. The second kappa shape index (κ2) is 11.5. The zero-order chi connectivity index (χ0) is 15.4. The Morgan fingerprint density at radius 2 is 1.50 bits per heavy atom. The summed E-state index contributed by atoms with van der Waals surface area (Å²) in [5, 5.41) is 0. The summed E-state index contributed by atoms with van der Waals surface area (Å²) in [6, 6.07) is 0. The van der Waals surface area contributed by atoms with Gasteiger partial charge in [0.1, 0.15) is 0 Å². The molecule has 2 N–H and O–H groups in total. The van der Waals surface area contributed by atoms with Gasteiger partial charge in [-0.05, 0) is 52.0 Å². The van der Waals surface area contributed by atoms with E-state index in [9.17, 15) is 0 Å². The van der Waals surface area contributed by atoms with Gasteiger partial charge in [-0.2, -0.15) is 0 Å². The van der Waals surface area contributed by atoms with E-state index in [2.05, 4.69) is 44.4 Å². The topological polar surface area (TPSA) is 32.5 Å². The molecule has 1 unspecified atom stereocenters. The van der Waals surface area contributed by atoms with E-state index in [-0.39, 0.29) is 5.54 Å². The van der Waals surface area contributed by atoms with Crippen molar-refractivity contribution in [2.24, 2.45) is 5.73 Å². The molecule has 122 valence electrons. The summed E-state index contributed by atoms with van der Waals surface area (Å²) in [7, 11) is 0. The van der Waals surface area contributed by atoms with Crippen LogP contribution in [0.2, 0.25) is 0 Å². The summed E-state index contributed by atoms with van der Waals surface area (Å²) in [5.41, 5.74) is 6.40. The normalized spacial score (nSPS) is 15.0. The molecule has 3 nitrogen and oxygen atoms in total. The molecule has 0 aliphatic rings. The maximum atomic E-state index is 6.17. The number of hydrogen-bond donors (Lipinski definition) is 1. The number of likely N-dealkylation sites (N-methyl/N-ethyl adjacent to an activating group) is 1. The highest BCUT2D eigenvalue weighted by molar-refractivity contribution is 4.90. The number of unbranched alkanes of at least 4 members (excludes halogenated alkanes) is 1. The van der Waals surface area contributed by atoms with Gasteiger partial charge in [0, 0.05) is 12.1 Å². The average Bonchev–Trinajstić information content (AvgIpc) is 2.50. The Morgan fingerprint density at radius 1 is 0.850 bits per heavy atom. The van der Waals surface area contributed by atoms with Gasteiger partial charge >= 0.3 is 0 Å². The minimum absolute atomic E-state index is 0.230. The van der Waals surface area contributed by atoms with Crippen molar-refractivity contribution in [3.05, 3.63) is 0 Å². The molecule has 0 rings (SSSR count). The van der Waals surface area contributed by atoms with Crippen LogP contribution in [0.5, 0.6) is 0 Å². The predicted molar refractivity (Wildman–Crippen MR) is 91.3 cm³/mol. The van der Waals surface area contributed by atoms with Gasteiger partial charge in [-0.1, -0.05) is 47.5 Å². The molecule has 0 aromatic heterocycles. The molecule has 0 spiro atoms. The summed E-state index contributed by atoms with van der Waals surface area (Å²) in [6.45, 7) is 18.0. The molecule has 0 amide bonds. The largest absolute Gasteiger partial charge is 0.329 e. The zero-order valence-electron chi connectivity index (χ0n) is 14.7. The van der Waals surface area contributed by atoms with E-state index in [0.29, 0.717) is 0 Å². The van der Waals surface area contributed by atoms with Gasteiger partial charge in [-0.3, -0.25) is 4.90 Å². The van der Waals surface area contributed by atoms with Crippen LogP contribution in [-0.4, -0.2) is 54.6 Å². The van der Waals surface area contributed by atoms with Crippen molar-refractivity contribution in [1.29, 1.82) is 0 Å². The second-order valence-electron chi connectivity index (χ2n) is 5.85. The first-order valence-corrected chi connectivity index (χ1v) is 8.81. The minimum Gasteiger partial charge on any atom is -0.329 e. The van der Waals surface area contributed by atoms with Crippen molar-refractivity contribution in [1.82, 2.24) is 9.80 Å². The minimum atomic E-state index is 0.230. The molecule has 0 aliphatic heterocycles. The third kappa shape index (κ3) is 6.11. The van der Waals surface area contributed by atoms with Crippen LogP contribution in [0.4, 0.5) is 0 Å². The van der Waals surface area contributed by atoms with Crippen molar-refractivity contribution in [2.45, 2.75) is 72.3 Å². The zero-order valence-corrected chi connectivity index (χ0v) is 14.7. The fourth-order valence-corrected chi connectivity index (χ4v) is 3.20. The van der Waals surface area contributed by atoms with Crippen LogP contribution in [0.15, 0.2) is 0 Å². The van der Waals surface area contributed by atoms with E-state index in [1.807, 2.05) is 0 Å². The standard InChI is InChI=1S/C17H39N3/c1-6-11-13-17(7-2,16-18)20(10-5)15-12-14-19(8-3)9-4/h6-16,18H2,1-5H3. The average molecular weight is 286 g/mol. The van der Waals surface area contributed by atoms with Crippen molar-refractivity contribution in [2.75, 3.05) is 39.3 Å². The van der Waals surface area contributed by atoms with Crippen molar-refractivity contribution < 1.29 is 0 Å². The monoisotopic (exact) mass is 285 g/mol. The van der Waals surface area contributed by atoms with Gasteiger partial charge in [0.25, 0.3) is 0 Å². The molecule has 0 saturated heterocycles. The molecule has 0 heterocycles. The predicted octanol–water partition coefficient (Wildman–Crippen LogP) is 3.34. The lowest BCUT2D eigenvalue weighted by Gasteiger charge is -2.43. The Labute approximate surface area is 127 Å². The quantitative estimate of drug-likeness (QED) is 0.563. The van der Waals surface area contributed by atoms with Gasteiger partial charge < -0.3 is 10.6 Å². The number of nitrogens with zero attached hydrogens (tertiary/aromatic N) is 2. The fraction of sp³-hybridized carbons (Fsp3) is 1.00. The van der Waals surface area contributed by atoms with E-state index in [1.165, 1.54) is 45.2 Å². The summed E-state index contributed by atoms with van der Waals surface area (Å²) in [5.74, 6) is 0. The first-order chi connectivity index (χ1) is 9.63. The third-order valence-corrected chi connectivity index (χ3v) is 4.88. The van der Waals surface area contributed by atoms with Crippen molar-refractivity contribution in [3.63, 3.8) is 0 Å². The molecule has 3 heteroatoms. The molecule has 0 saturated carbocycles. The summed E-state index contributed by atoms with van der Waals surface area (Å²) >= 11 is 0. The van der Waals surface area contributed by atoms with E-state index < -0.39 is 0 Å². The van der Waals surface area contributed by atoms with E-state index in [0.717, 1.165) is 26.2 Å². The maximum Gasteiger partial charge on any atom is 0.0329 e. The lowest BCUT2D eigenvalue weighted by Crippen LogP contribution is -2.54. The summed E-state index contributed by atoms with van der Waals surface area (Å²) in [6.07, 6.45) is 6.22. The molecular formula is C17H39N3. The molecule has 0 fully saturated rings. The highest BCUT2D eigenvalue weighted by Crippen LogP contribution is 2.25. The highest BCUT2D eigenvalue weighted by Gasteiger charge is 2.31. The maximum absolute atomic E-state index is 6.17. The molecular weight excluding hydrogens is 246 g/mol. The highest BCUT2D eigenvalue weighted by atomic mass is 15.2. The van der Waals surface area contributed by atoms with Crippen LogP contribution in [-0.2, 0) is 0 Å². The van der Waals surface area contributed by atoms with E-state index in [4.69, 9.17) is 5.73 Å². The first-order valence-electron chi connectivity index (χ1n) is 8.81. The SMILES string of the molecule is CCCCC(CC)(CN)N(CC)CCCN(CC)CC. The van der Waals surface area contributed by atoms with Gasteiger partial charge in [0.15, 0.2) is 0 Å². The second-order valence-corrected chi connectivity index (χ2v) is 5.85. The molecule has 0 aromatic carbocycles. The van der Waals surface area contributed by atoms with Gasteiger partial charge in [-0.25, -0.2) is 0 Å². The Morgan fingerprint density at radius 3 is 1.90 bits per heavy atom. The fourth-order valence-electron chi connectivity index (χ4n) is 3.20. The van der Waals surface area contributed by atoms with Crippen LogP contribution in [0.1, 0.15) is 66.7 Å². The molecule has 0 bridgehead atoms. The lowest BCUT2D eigenvalue weighted by atomic mass is 9.87.